The van der Waals surface area contributed by atoms with Gasteiger partial charge in [-0.3, -0.25) is 0 Å². The third-order valence-corrected chi connectivity index (χ3v) is 3.72. The van der Waals surface area contributed by atoms with Crippen molar-refractivity contribution in [1.29, 1.82) is 0 Å². The minimum atomic E-state index is -0.359. The Morgan fingerprint density at radius 3 is 1.39 bits per heavy atom. The van der Waals surface area contributed by atoms with Gasteiger partial charge in [0.1, 0.15) is 0 Å². The van der Waals surface area contributed by atoms with E-state index in [1.165, 1.54) is 0 Å². The van der Waals surface area contributed by atoms with E-state index >= 15 is 0 Å². The number of esters is 2. The average Bonchev–Trinajstić information content (AvgIpc) is 2.53. The largest absolute Gasteiger partial charge is 0.463 e. The van der Waals surface area contributed by atoms with Crippen LogP contribution in [-0.2, 0) is 19.1 Å². The molecule has 0 rings (SSSR count). The van der Waals surface area contributed by atoms with E-state index in [0.717, 1.165) is 44.9 Å². The predicted molar refractivity (Wildman–Crippen MR) is 93.2 cm³/mol. The van der Waals surface area contributed by atoms with E-state index in [0.29, 0.717) is 37.2 Å². The van der Waals surface area contributed by atoms with Crippen molar-refractivity contribution in [3.05, 3.63) is 11.1 Å². The molecule has 0 aliphatic rings. The molecule has 0 N–H and O–H groups in total. The number of carbonyl (C=O) groups is 2. The van der Waals surface area contributed by atoms with Gasteiger partial charge in [0.15, 0.2) is 0 Å². The lowest BCUT2D eigenvalue weighted by Crippen LogP contribution is -2.17. The van der Waals surface area contributed by atoms with Gasteiger partial charge in [-0.15, -0.1) is 0 Å². The molecule has 0 saturated carbocycles. The van der Waals surface area contributed by atoms with Crippen molar-refractivity contribution in [1.82, 2.24) is 0 Å². The van der Waals surface area contributed by atoms with Gasteiger partial charge in [-0.25, -0.2) is 9.59 Å². The summed E-state index contributed by atoms with van der Waals surface area (Å²) >= 11 is 0. The monoisotopic (exact) mass is 326 g/mol. The van der Waals surface area contributed by atoms with Crippen LogP contribution < -0.4 is 0 Å². The van der Waals surface area contributed by atoms with Crippen molar-refractivity contribution in [3.8, 4) is 0 Å². The van der Waals surface area contributed by atoms with Crippen molar-refractivity contribution in [2.24, 2.45) is 0 Å². The molecule has 0 atom stereocenters. The van der Waals surface area contributed by atoms with Gasteiger partial charge in [-0.05, 0) is 39.5 Å². The van der Waals surface area contributed by atoms with Crippen molar-refractivity contribution < 1.29 is 19.1 Å². The van der Waals surface area contributed by atoms with Gasteiger partial charge in [0.05, 0.1) is 13.2 Å². The highest BCUT2D eigenvalue weighted by Gasteiger charge is 2.22. The van der Waals surface area contributed by atoms with E-state index in [2.05, 4.69) is 13.8 Å². The van der Waals surface area contributed by atoms with Crippen LogP contribution >= 0.6 is 0 Å². The van der Waals surface area contributed by atoms with Crippen LogP contribution in [0.2, 0.25) is 0 Å². The van der Waals surface area contributed by atoms with E-state index < -0.39 is 0 Å². The standard InChI is InChI=1S/C19H34O4/c1-5-9-11-13-15-17(19(21)23-8-4)16(14-12-10-6-2)18(20)22-7-3/h5-15H2,1-4H3. The number of hydrogen-bond acceptors (Lipinski definition) is 4. The maximum Gasteiger partial charge on any atom is 0.334 e. The van der Waals surface area contributed by atoms with Crippen LogP contribution in [0.3, 0.4) is 0 Å². The fourth-order valence-electron chi connectivity index (χ4n) is 2.47. The first-order valence-electron chi connectivity index (χ1n) is 9.18. The van der Waals surface area contributed by atoms with Crippen LogP contribution in [0, 0.1) is 0 Å². The van der Waals surface area contributed by atoms with Crippen LogP contribution in [0.25, 0.3) is 0 Å². The smallest absolute Gasteiger partial charge is 0.334 e. The van der Waals surface area contributed by atoms with E-state index in [9.17, 15) is 9.59 Å². The number of carbonyl (C=O) groups excluding carboxylic acids is 2. The molecule has 0 aromatic carbocycles. The molecule has 0 aromatic heterocycles. The fraction of sp³-hybridized carbons (Fsp3) is 0.789. The molecule has 0 heterocycles. The lowest BCUT2D eigenvalue weighted by molar-refractivity contribution is -0.142. The average molecular weight is 326 g/mol. The molecule has 0 radical (unpaired) electrons. The summed E-state index contributed by atoms with van der Waals surface area (Å²) in [7, 11) is 0. The van der Waals surface area contributed by atoms with Crippen LogP contribution in [-0.4, -0.2) is 25.2 Å². The molecule has 23 heavy (non-hydrogen) atoms. The highest BCUT2D eigenvalue weighted by molar-refractivity contribution is 6.00. The molecule has 0 aliphatic carbocycles. The van der Waals surface area contributed by atoms with Crippen LogP contribution in [0.15, 0.2) is 11.1 Å². The Labute approximate surface area is 141 Å². The van der Waals surface area contributed by atoms with Gasteiger partial charge in [0.25, 0.3) is 0 Å². The molecule has 0 spiro atoms. The van der Waals surface area contributed by atoms with Crippen molar-refractivity contribution in [3.63, 3.8) is 0 Å². The molecule has 4 heteroatoms. The summed E-state index contributed by atoms with van der Waals surface area (Å²) in [6.07, 6.45) is 8.43. The third-order valence-electron chi connectivity index (χ3n) is 3.72. The summed E-state index contributed by atoms with van der Waals surface area (Å²) in [5.74, 6) is -0.717. The van der Waals surface area contributed by atoms with Gasteiger partial charge in [0.2, 0.25) is 0 Å². The quantitative estimate of drug-likeness (QED) is 0.273. The molecular weight excluding hydrogens is 292 g/mol. The van der Waals surface area contributed by atoms with E-state index in [-0.39, 0.29) is 11.9 Å². The zero-order valence-electron chi connectivity index (χ0n) is 15.4. The summed E-state index contributed by atoms with van der Waals surface area (Å²) in [5.41, 5.74) is 1.05. The Morgan fingerprint density at radius 2 is 1.00 bits per heavy atom. The number of rotatable bonds is 13. The second kappa shape index (κ2) is 14.3. The van der Waals surface area contributed by atoms with Crippen LogP contribution in [0.4, 0.5) is 0 Å². The molecule has 0 aromatic rings. The SMILES string of the molecule is CCCCCCC(C(=O)OCC)=C(CCCCC)C(=O)OCC. The molecule has 0 saturated heterocycles. The summed E-state index contributed by atoms with van der Waals surface area (Å²) in [4.78, 5) is 24.6. The molecule has 0 bridgehead atoms. The molecule has 4 nitrogen and oxygen atoms in total. The second-order valence-electron chi connectivity index (χ2n) is 5.67. The second-order valence-corrected chi connectivity index (χ2v) is 5.67. The molecule has 0 unspecified atom stereocenters. The Morgan fingerprint density at radius 1 is 0.609 bits per heavy atom. The van der Waals surface area contributed by atoms with E-state index in [4.69, 9.17) is 9.47 Å². The molecule has 0 aliphatic heterocycles. The minimum absolute atomic E-state index is 0.321. The lowest BCUT2D eigenvalue weighted by atomic mass is 9.97. The number of ether oxygens (including phenoxy) is 2. The van der Waals surface area contributed by atoms with Gasteiger partial charge in [-0.2, -0.15) is 0 Å². The normalized spacial score (nSPS) is 11.8. The van der Waals surface area contributed by atoms with E-state index in [1.807, 2.05) is 0 Å². The van der Waals surface area contributed by atoms with Gasteiger partial charge >= 0.3 is 11.9 Å². The summed E-state index contributed by atoms with van der Waals surface area (Å²) in [6.45, 7) is 8.48. The zero-order valence-corrected chi connectivity index (χ0v) is 15.4. The molecule has 0 amide bonds. The first-order chi connectivity index (χ1) is 11.1. The molecular formula is C19H34O4. The Balaban J connectivity index is 5.24. The Bertz CT molecular complexity index is 372. The highest BCUT2D eigenvalue weighted by atomic mass is 16.5. The summed E-state index contributed by atoms with van der Waals surface area (Å²) in [5, 5.41) is 0. The van der Waals surface area contributed by atoms with Crippen molar-refractivity contribution >= 4 is 11.9 Å². The summed E-state index contributed by atoms with van der Waals surface area (Å²) in [6, 6.07) is 0. The first-order valence-corrected chi connectivity index (χ1v) is 9.18. The topological polar surface area (TPSA) is 52.6 Å². The molecule has 0 fully saturated rings. The van der Waals surface area contributed by atoms with Crippen LogP contribution in [0.5, 0.6) is 0 Å². The first kappa shape index (κ1) is 21.7. The van der Waals surface area contributed by atoms with E-state index in [1.54, 1.807) is 13.8 Å². The third kappa shape index (κ3) is 9.42. The maximum absolute atomic E-state index is 12.3. The fourth-order valence-corrected chi connectivity index (χ4v) is 2.47. The zero-order chi connectivity index (χ0) is 17.5. The maximum atomic E-state index is 12.3. The van der Waals surface area contributed by atoms with Gasteiger partial charge < -0.3 is 9.47 Å². The molecule has 134 valence electrons. The van der Waals surface area contributed by atoms with Crippen LogP contribution in [0.1, 0.15) is 85.5 Å². The van der Waals surface area contributed by atoms with Gasteiger partial charge in [-0.1, -0.05) is 46.0 Å². The Kier molecular flexibility index (Phi) is 13.5. The minimum Gasteiger partial charge on any atom is -0.463 e. The van der Waals surface area contributed by atoms with Gasteiger partial charge in [0, 0.05) is 11.1 Å². The number of hydrogen-bond donors (Lipinski definition) is 0. The van der Waals surface area contributed by atoms with Crippen molar-refractivity contribution in [2.45, 2.75) is 85.5 Å². The predicted octanol–water partition coefficient (Wildman–Crippen LogP) is 4.96. The lowest BCUT2D eigenvalue weighted by Gasteiger charge is -2.14. The summed E-state index contributed by atoms with van der Waals surface area (Å²) < 4.78 is 10.3. The Hall–Kier alpha value is -1.32. The van der Waals surface area contributed by atoms with Crippen molar-refractivity contribution in [2.75, 3.05) is 13.2 Å². The number of unbranched alkanes of at least 4 members (excludes halogenated alkanes) is 5. The highest BCUT2D eigenvalue weighted by Crippen LogP contribution is 2.22.